The summed E-state index contributed by atoms with van der Waals surface area (Å²) in [6.07, 6.45) is 2.98. The lowest BCUT2D eigenvalue weighted by Gasteiger charge is -2.14. The molecule has 0 aromatic carbocycles. The molecule has 2 rings (SSSR count). The molecule has 4 heteroatoms. The first kappa shape index (κ1) is 9.39. The SMILES string of the molecule is [2H]C1=C(CC(C)C)C(=O)c2cncnc2C1=O. The summed E-state index contributed by atoms with van der Waals surface area (Å²) in [6, 6.07) is -0.227. The summed E-state index contributed by atoms with van der Waals surface area (Å²) in [5.74, 6) is -0.565. The maximum Gasteiger partial charge on any atom is 0.205 e. The van der Waals surface area contributed by atoms with E-state index >= 15 is 0 Å². The summed E-state index contributed by atoms with van der Waals surface area (Å²) in [5.41, 5.74) is 0.527. The van der Waals surface area contributed by atoms with Gasteiger partial charge in [0.05, 0.1) is 6.93 Å². The molecule has 1 aliphatic carbocycles. The second-order valence-corrected chi connectivity index (χ2v) is 4.14. The summed E-state index contributed by atoms with van der Waals surface area (Å²) in [6.45, 7) is 3.88. The molecule has 0 saturated carbocycles. The normalized spacial score (nSPS) is 16.6. The standard InChI is InChI=1S/C12H12N2O2/c1-7(2)3-8-4-10(15)11-9(12(8)16)5-13-6-14-11/h4-7H,3H2,1-2H3/i4D. The molecule has 0 fully saturated rings. The van der Waals surface area contributed by atoms with Crippen LogP contribution < -0.4 is 0 Å². The highest BCUT2D eigenvalue weighted by Gasteiger charge is 2.26. The van der Waals surface area contributed by atoms with Gasteiger partial charge in [-0.05, 0) is 18.4 Å². The fourth-order valence-electron chi connectivity index (χ4n) is 1.64. The van der Waals surface area contributed by atoms with Crippen molar-refractivity contribution < 1.29 is 11.0 Å². The predicted molar refractivity (Wildman–Crippen MR) is 58.2 cm³/mol. The van der Waals surface area contributed by atoms with Gasteiger partial charge >= 0.3 is 0 Å². The Balaban J connectivity index is 2.54. The van der Waals surface area contributed by atoms with Gasteiger partial charge in [-0.25, -0.2) is 9.97 Å². The Labute approximate surface area is 94.8 Å². The zero-order chi connectivity index (χ0) is 12.6. The Morgan fingerprint density at radius 2 is 2.19 bits per heavy atom. The highest BCUT2D eigenvalue weighted by Crippen LogP contribution is 2.23. The molecule has 1 heterocycles. The minimum atomic E-state index is -0.488. The predicted octanol–water partition coefficient (Wildman–Crippen LogP) is 1.83. The molecule has 0 bridgehead atoms. The van der Waals surface area contributed by atoms with Crippen molar-refractivity contribution in [2.45, 2.75) is 20.3 Å². The number of hydrogen-bond acceptors (Lipinski definition) is 4. The number of allylic oxidation sites excluding steroid dienone is 2. The van der Waals surface area contributed by atoms with Gasteiger partial charge in [-0.15, -0.1) is 0 Å². The van der Waals surface area contributed by atoms with Crippen LogP contribution in [0.15, 0.2) is 24.1 Å². The fraction of sp³-hybridized carbons (Fsp3) is 0.333. The molecule has 1 aliphatic rings. The Bertz CT molecular complexity index is 535. The van der Waals surface area contributed by atoms with Gasteiger partial charge in [0.2, 0.25) is 5.78 Å². The first-order valence-electron chi connectivity index (χ1n) is 5.61. The number of carbonyl (C=O) groups excluding carboxylic acids is 2. The Morgan fingerprint density at radius 3 is 2.88 bits per heavy atom. The first-order valence-corrected chi connectivity index (χ1v) is 5.11. The van der Waals surface area contributed by atoms with E-state index in [1.54, 1.807) is 0 Å². The largest absolute Gasteiger partial charge is 0.289 e. The first-order chi connectivity index (χ1) is 8.02. The maximum absolute atomic E-state index is 12.1. The number of ketones is 2. The molecule has 0 radical (unpaired) electrons. The van der Waals surface area contributed by atoms with E-state index in [-0.39, 0.29) is 34.6 Å². The van der Waals surface area contributed by atoms with E-state index in [0.29, 0.717) is 6.42 Å². The van der Waals surface area contributed by atoms with E-state index in [9.17, 15) is 9.59 Å². The second-order valence-electron chi connectivity index (χ2n) is 4.14. The van der Waals surface area contributed by atoms with Crippen molar-refractivity contribution in [2.75, 3.05) is 0 Å². The number of Topliss-reactive ketones (excluding diaryl/α,β-unsaturated/α-hetero) is 1. The van der Waals surface area contributed by atoms with Crippen molar-refractivity contribution >= 4 is 11.6 Å². The zero-order valence-corrected chi connectivity index (χ0v) is 9.15. The number of nitrogens with zero attached hydrogens (tertiary/aromatic N) is 2. The van der Waals surface area contributed by atoms with Crippen LogP contribution >= 0.6 is 0 Å². The molecule has 0 unspecified atom stereocenters. The van der Waals surface area contributed by atoms with Crippen molar-refractivity contribution in [3.63, 3.8) is 0 Å². The van der Waals surface area contributed by atoms with Gasteiger partial charge in [0.1, 0.15) is 12.0 Å². The molecular formula is C12H12N2O2. The van der Waals surface area contributed by atoms with Crippen LogP contribution in [0, 0.1) is 5.92 Å². The molecule has 1 aromatic rings. The highest BCUT2D eigenvalue weighted by atomic mass is 16.1. The fourth-order valence-corrected chi connectivity index (χ4v) is 1.64. The third-order valence-electron chi connectivity index (χ3n) is 2.32. The number of fused-ring (bicyclic) bond motifs is 1. The van der Waals surface area contributed by atoms with Gasteiger partial charge in [0.15, 0.2) is 5.78 Å². The van der Waals surface area contributed by atoms with Crippen LogP contribution in [-0.2, 0) is 0 Å². The van der Waals surface area contributed by atoms with E-state index in [2.05, 4.69) is 9.97 Å². The van der Waals surface area contributed by atoms with E-state index in [4.69, 9.17) is 1.37 Å². The number of aromatic nitrogens is 2. The van der Waals surface area contributed by atoms with E-state index < -0.39 is 5.78 Å². The number of carbonyl (C=O) groups is 2. The maximum atomic E-state index is 12.1. The van der Waals surface area contributed by atoms with Crippen LogP contribution in [0.1, 0.15) is 42.5 Å². The molecule has 16 heavy (non-hydrogen) atoms. The highest BCUT2D eigenvalue weighted by molar-refractivity contribution is 6.23. The molecule has 0 aliphatic heterocycles. The molecule has 0 spiro atoms. The van der Waals surface area contributed by atoms with Gasteiger partial charge < -0.3 is 0 Å². The second kappa shape index (κ2) is 3.96. The molecule has 82 valence electrons. The van der Waals surface area contributed by atoms with Crippen LogP contribution in [0.4, 0.5) is 0 Å². The van der Waals surface area contributed by atoms with Crippen molar-refractivity contribution in [3.8, 4) is 0 Å². The quantitative estimate of drug-likeness (QED) is 0.758. The number of rotatable bonds is 2. The molecular weight excluding hydrogens is 204 g/mol. The Morgan fingerprint density at radius 1 is 1.44 bits per heavy atom. The molecule has 1 aromatic heterocycles. The monoisotopic (exact) mass is 217 g/mol. The van der Waals surface area contributed by atoms with Crippen LogP contribution in [0.5, 0.6) is 0 Å². The zero-order valence-electron chi connectivity index (χ0n) is 10.2. The Hall–Kier alpha value is -1.84. The molecule has 0 saturated heterocycles. The van der Waals surface area contributed by atoms with Crippen LogP contribution in [0.2, 0.25) is 0 Å². The lowest BCUT2D eigenvalue weighted by Crippen LogP contribution is -2.19. The molecule has 0 N–H and O–H groups in total. The van der Waals surface area contributed by atoms with Crippen molar-refractivity contribution in [1.82, 2.24) is 9.97 Å². The van der Waals surface area contributed by atoms with E-state index in [1.807, 2.05) is 13.8 Å². The summed E-state index contributed by atoms with van der Waals surface area (Å²) in [7, 11) is 0. The summed E-state index contributed by atoms with van der Waals surface area (Å²) >= 11 is 0. The minimum absolute atomic E-state index is 0.0440. The van der Waals surface area contributed by atoms with Crippen LogP contribution in [0.25, 0.3) is 0 Å². The smallest absolute Gasteiger partial charge is 0.205 e. The number of hydrogen-bond donors (Lipinski definition) is 0. The molecule has 0 amide bonds. The van der Waals surface area contributed by atoms with Gasteiger partial charge in [-0.1, -0.05) is 13.8 Å². The molecule has 4 nitrogen and oxygen atoms in total. The lowest BCUT2D eigenvalue weighted by atomic mass is 9.89. The Kier molecular flexibility index (Phi) is 2.33. The topological polar surface area (TPSA) is 59.9 Å². The molecule has 0 atom stereocenters. The van der Waals surface area contributed by atoms with Crippen molar-refractivity contribution in [2.24, 2.45) is 5.92 Å². The van der Waals surface area contributed by atoms with Crippen molar-refractivity contribution in [1.29, 1.82) is 0 Å². The third-order valence-corrected chi connectivity index (χ3v) is 2.32. The van der Waals surface area contributed by atoms with Crippen molar-refractivity contribution in [3.05, 3.63) is 35.4 Å². The average Bonchev–Trinajstić information content (AvgIpc) is 2.31. The summed E-state index contributed by atoms with van der Waals surface area (Å²) < 4.78 is 7.74. The van der Waals surface area contributed by atoms with Crippen LogP contribution in [0.3, 0.4) is 0 Å². The van der Waals surface area contributed by atoms with Gasteiger partial charge in [0.25, 0.3) is 0 Å². The third kappa shape index (κ3) is 1.78. The van der Waals surface area contributed by atoms with E-state index in [1.165, 1.54) is 12.5 Å². The average molecular weight is 217 g/mol. The lowest BCUT2D eigenvalue weighted by molar-refractivity contribution is 0.0976. The summed E-state index contributed by atoms with van der Waals surface area (Å²) in [5, 5.41) is 0. The van der Waals surface area contributed by atoms with Crippen LogP contribution in [-0.4, -0.2) is 21.5 Å². The van der Waals surface area contributed by atoms with Gasteiger partial charge in [-0.2, -0.15) is 0 Å². The van der Waals surface area contributed by atoms with E-state index in [0.717, 1.165) is 0 Å². The van der Waals surface area contributed by atoms with Gasteiger partial charge in [-0.3, -0.25) is 9.59 Å². The minimum Gasteiger partial charge on any atom is -0.289 e. The van der Waals surface area contributed by atoms with Gasteiger partial charge in [0, 0.05) is 11.8 Å². The summed E-state index contributed by atoms with van der Waals surface area (Å²) in [4.78, 5) is 31.5.